The van der Waals surface area contributed by atoms with Gasteiger partial charge in [0.25, 0.3) is 0 Å². The molecule has 1 aromatic carbocycles. The summed E-state index contributed by atoms with van der Waals surface area (Å²) in [7, 11) is 3.20. The molecule has 0 saturated carbocycles. The first-order chi connectivity index (χ1) is 7.92. The van der Waals surface area contributed by atoms with Gasteiger partial charge in [-0.05, 0) is 23.5 Å². The Bertz CT molecular complexity index is 454. The number of hydrogen-bond donors (Lipinski definition) is 1. The molecule has 3 nitrogen and oxygen atoms in total. The molecule has 1 atom stereocenters. The Morgan fingerprint density at radius 1 is 1.35 bits per heavy atom. The third-order valence-electron chi connectivity index (χ3n) is 3.37. The molecule has 0 unspecified atom stereocenters. The lowest BCUT2D eigenvalue weighted by Gasteiger charge is -2.21. The molecular weight excluding hydrogens is 284 g/mol. The van der Waals surface area contributed by atoms with Crippen molar-refractivity contribution in [3.05, 3.63) is 21.7 Å². The fraction of sp³-hybridized carbons (Fsp3) is 0.538. The second-order valence-electron chi connectivity index (χ2n) is 4.99. The van der Waals surface area contributed by atoms with E-state index in [1.807, 2.05) is 6.07 Å². The summed E-state index contributed by atoms with van der Waals surface area (Å²) < 4.78 is 11.6. The fourth-order valence-electron chi connectivity index (χ4n) is 2.68. The molecule has 0 amide bonds. The zero-order chi connectivity index (χ0) is 12.8. The minimum absolute atomic E-state index is 0.0624. The van der Waals surface area contributed by atoms with Crippen molar-refractivity contribution in [3.63, 3.8) is 0 Å². The maximum atomic E-state index is 10.2. The number of benzene rings is 1. The van der Waals surface area contributed by atoms with E-state index in [9.17, 15) is 5.11 Å². The molecule has 1 N–H and O–H groups in total. The zero-order valence-electron chi connectivity index (χ0n) is 10.5. The number of halogens is 1. The number of methoxy groups -OCH3 is 2. The van der Waals surface area contributed by atoms with E-state index in [4.69, 9.17) is 9.47 Å². The van der Waals surface area contributed by atoms with Gasteiger partial charge in [0, 0.05) is 10.0 Å². The predicted molar refractivity (Wildman–Crippen MR) is 69.8 cm³/mol. The first-order valence-electron chi connectivity index (χ1n) is 5.55. The predicted octanol–water partition coefficient (Wildman–Crippen LogP) is 3.18. The van der Waals surface area contributed by atoms with Crippen LogP contribution in [-0.4, -0.2) is 19.3 Å². The Morgan fingerprint density at radius 3 is 2.53 bits per heavy atom. The lowest BCUT2D eigenvalue weighted by Crippen LogP contribution is -2.13. The Labute approximate surface area is 110 Å². The van der Waals surface area contributed by atoms with Crippen LogP contribution in [0.5, 0.6) is 11.5 Å². The molecule has 2 rings (SSSR count). The van der Waals surface area contributed by atoms with Gasteiger partial charge in [-0.2, -0.15) is 0 Å². The monoisotopic (exact) mass is 300 g/mol. The second-order valence-corrected chi connectivity index (χ2v) is 5.84. The molecule has 94 valence electrons. The molecule has 17 heavy (non-hydrogen) atoms. The molecule has 1 aliphatic carbocycles. The minimum atomic E-state index is -0.499. The van der Waals surface area contributed by atoms with Crippen molar-refractivity contribution in [1.29, 1.82) is 0 Å². The number of hydrogen-bond acceptors (Lipinski definition) is 3. The highest BCUT2D eigenvalue weighted by molar-refractivity contribution is 9.10. The van der Waals surface area contributed by atoms with Crippen LogP contribution in [-0.2, 0) is 5.41 Å². The van der Waals surface area contributed by atoms with Crippen molar-refractivity contribution in [2.75, 3.05) is 14.2 Å². The van der Waals surface area contributed by atoms with E-state index < -0.39 is 6.10 Å². The van der Waals surface area contributed by atoms with Crippen LogP contribution in [0.3, 0.4) is 0 Å². The molecule has 0 aliphatic heterocycles. The lowest BCUT2D eigenvalue weighted by molar-refractivity contribution is 0.158. The van der Waals surface area contributed by atoms with Gasteiger partial charge in [0.1, 0.15) is 0 Å². The molecule has 4 heteroatoms. The molecule has 0 radical (unpaired) electrons. The first kappa shape index (κ1) is 12.7. The van der Waals surface area contributed by atoms with E-state index in [-0.39, 0.29) is 5.41 Å². The number of fused-ring (bicyclic) bond motifs is 1. The van der Waals surface area contributed by atoms with E-state index in [0.29, 0.717) is 17.9 Å². The zero-order valence-corrected chi connectivity index (χ0v) is 12.1. The van der Waals surface area contributed by atoms with Crippen LogP contribution in [0.15, 0.2) is 10.5 Å². The van der Waals surface area contributed by atoms with Crippen molar-refractivity contribution in [1.82, 2.24) is 0 Å². The van der Waals surface area contributed by atoms with Gasteiger partial charge < -0.3 is 14.6 Å². The van der Waals surface area contributed by atoms with Crippen molar-refractivity contribution >= 4 is 15.9 Å². The van der Waals surface area contributed by atoms with Crippen molar-refractivity contribution in [2.45, 2.75) is 31.8 Å². The summed E-state index contributed by atoms with van der Waals surface area (Å²) in [5.41, 5.74) is 1.90. The summed E-state index contributed by atoms with van der Waals surface area (Å²) in [6.07, 6.45) is 0.200. The van der Waals surface area contributed by atoms with Gasteiger partial charge in [-0.15, -0.1) is 0 Å². The first-order valence-corrected chi connectivity index (χ1v) is 6.34. The van der Waals surface area contributed by atoms with Crippen LogP contribution >= 0.6 is 15.9 Å². The quantitative estimate of drug-likeness (QED) is 0.912. The summed E-state index contributed by atoms with van der Waals surface area (Å²) in [6, 6.07) is 1.90. The largest absolute Gasteiger partial charge is 0.493 e. The SMILES string of the molecule is COc1cc(Br)c2c(c1OC)[C@@H](O)CC2(C)C. The lowest BCUT2D eigenvalue weighted by atomic mass is 9.86. The Balaban J connectivity index is 2.76. The highest BCUT2D eigenvalue weighted by atomic mass is 79.9. The van der Waals surface area contributed by atoms with Gasteiger partial charge in [-0.25, -0.2) is 0 Å². The van der Waals surface area contributed by atoms with Gasteiger partial charge in [-0.1, -0.05) is 29.8 Å². The number of ether oxygens (including phenoxy) is 2. The van der Waals surface area contributed by atoms with Crippen LogP contribution < -0.4 is 9.47 Å². The third-order valence-corrected chi connectivity index (χ3v) is 4.00. The molecule has 1 aromatic rings. The van der Waals surface area contributed by atoms with Crippen LogP contribution in [0.1, 0.15) is 37.5 Å². The van der Waals surface area contributed by atoms with Crippen LogP contribution in [0, 0.1) is 0 Å². The molecule has 0 aromatic heterocycles. The van der Waals surface area contributed by atoms with E-state index in [0.717, 1.165) is 15.6 Å². The summed E-state index contributed by atoms with van der Waals surface area (Å²) in [5, 5.41) is 10.2. The maximum absolute atomic E-state index is 10.2. The highest BCUT2D eigenvalue weighted by Gasteiger charge is 2.41. The standard InChI is InChI=1S/C13H17BrO3/c1-13(2)6-8(15)10-11(13)7(14)5-9(16-3)12(10)17-4/h5,8,15H,6H2,1-4H3/t8-/m0/s1. The van der Waals surface area contributed by atoms with E-state index in [2.05, 4.69) is 29.8 Å². The smallest absolute Gasteiger partial charge is 0.166 e. The fourth-order valence-corrected chi connectivity index (χ4v) is 3.64. The summed E-state index contributed by atoms with van der Waals surface area (Å²) in [6.45, 7) is 4.25. The number of aliphatic hydroxyl groups excluding tert-OH is 1. The van der Waals surface area contributed by atoms with Gasteiger partial charge in [0.2, 0.25) is 0 Å². The molecular formula is C13H17BrO3. The van der Waals surface area contributed by atoms with Crippen LogP contribution in [0.25, 0.3) is 0 Å². The molecule has 0 fully saturated rings. The van der Waals surface area contributed by atoms with E-state index >= 15 is 0 Å². The Morgan fingerprint density at radius 2 is 2.00 bits per heavy atom. The number of rotatable bonds is 2. The average Bonchev–Trinajstić information content (AvgIpc) is 2.49. The average molecular weight is 301 g/mol. The normalized spacial score (nSPS) is 21.2. The second kappa shape index (κ2) is 4.18. The van der Waals surface area contributed by atoms with Crippen molar-refractivity contribution < 1.29 is 14.6 Å². The van der Waals surface area contributed by atoms with Gasteiger partial charge in [0.15, 0.2) is 11.5 Å². The molecule has 0 saturated heterocycles. The molecule has 0 heterocycles. The van der Waals surface area contributed by atoms with Crippen molar-refractivity contribution in [3.8, 4) is 11.5 Å². The Hall–Kier alpha value is -0.740. The summed E-state index contributed by atoms with van der Waals surface area (Å²) >= 11 is 3.56. The highest BCUT2D eigenvalue weighted by Crippen LogP contribution is 2.54. The van der Waals surface area contributed by atoms with E-state index in [1.165, 1.54) is 0 Å². The van der Waals surface area contributed by atoms with Gasteiger partial charge in [0.05, 0.1) is 20.3 Å². The summed E-state index contributed by atoms with van der Waals surface area (Å²) in [5.74, 6) is 1.29. The molecule has 1 aliphatic rings. The minimum Gasteiger partial charge on any atom is -0.493 e. The summed E-state index contributed by atoms with van der Waals surface area (Å²) in [4.78, 5) is 0. The topological polar surface area (TPSA) is 38.7 Å². The van der Waals surface area contributed by atoms with Crippen molar-refractivity contribution in [2.24, 2.45) is 0 Å². The van der Waals surface area contributed by atoms with Crippen LogP contribution in [0.2, 0.25) is 0 Å². The molecule has 0 spiro atoms. The molecule has 0 bridgehead atoms. The maximum Gasteiger partial charge on any atom is 0.166 e. The van der Waals surface area contributed by atoms with Crippen LogP contribution in [0.4, 0.5) is 0 Å². The third kappa shape index (κ3) is 1.83. The van der Waals surface area contributed by atoms with E-state index in [1.54, 1.807) is 14.2 Å². The van der Waals surface area contributed by atoms with Gasteiger partial charge in [-0.3, -0.25) is 0 Å². The van der Waals surface area contributed by atoms with Gasteiger partial charge >= 0.3 is 0 Å². The number of aliphatic hydroxyl groups is 1. The Kier molecular flexibility index (Phi) is 3.12.